The minimum atomic E-state index is -2.60. The Kier molecular flexibility index (Phi) is 7.15. The molecule has 5 heteroatoms. The van der Waals surface area contributed by atoms with Crippen molar-refractivity contribution in [3.63, 3.8) is 0 Å². The van der Waals surface area contributed by atoms with E-state index in [-0.39, 0.29) is 0 Å². The molecule has 0 aliphatic heterocycles. The fraction of sp³-hybridized carbons (Fsp3) is 0.538. The van der Waals surface area contributed by atoms with Gasteiger partial charge < -0.3 is 13.3 Å². The maximum absolute atomic E-state index is 5.28. The zero-order chi connectivity index (χ0) is 13.3. The summed E-state index contributed by atoms with van der Waals surface area (Å²) >= 11 is 0. The Morgan fingerprint density at radius 3 is 2.11 bits per heavy atom. The van der Waals surface area contributed by atoms with E-state index in [4.69, 9.17) is 13.3 Å². The molecule has 1 N–H and O–H groups in total. The van der Waals surface area contributed by atoms with Gasteiger partial charge in [0.2, 0.25) is 0 Å². The van der Waals surface area contributed by atoms with Crippen LogP contribution in [0.1, 0.15) is 18.4 Å². The molecular formula is C13H23NO3Si. The van der Waals surface area contributed by atoms with E-state index >= 15 is 0 Å². The lowest BCUT2D eigenvalue weighted by molar-refractivity contribution is 0.110. The summed E-state index contributed by atoms with van der Waals surface area (Å²) in [6, 6.07) is 10.5. The second-order valence-corrected chi connectivity index (χ2v) is 6.73. The highest BCUT2D eigenvalue weighted by Crippen LogP contribution is 2.05. The molecule has 0 fully saturated rings. The minimum Gasteiger partial charge on any atom is -0.364 e. The van der Waals surface area contributed by atoms with E-state index in [0.717, 1.165) is 25.8 Å². The topological polar surface area (TPSA) is 39.7 Å². The zero-order valence-corrected chi connectivity index (χ0v) is 12.4. The molecule has 0 saturated carbocycles. The van der Waals surface area contributed by atoms with Gasteiger partial charge >= 0.3 is 8.97 Å². The smallest absolute Gasteiger partial charge is 0.364 e. The number of rotatable bonds is 9. The molecule has 1 aromatic carbocycles. The highest BCUT2D eigenvalue weighted by molar-refractivity contribution is 6.57. The first-order valence-corrected chi connectivity index (χ1v) is 7.93. The lowest BCUT2D eigenvalue weighted by Gasteiger charge is -2.24. The molecule has 0 aromatic heterocycles. The van der Waals surface area contributed by atoms with Gasteiger partial charge in [-0.1, -0.05) is 30.3 Å². The lowest BCUT2D eigenvalue weighted by Crippen LogP contribution is -2.57. The minimum absolute atomic E-state index is 0.842. The van der Waals surface area contributed by atoms with Crippen molar-refractivity contribution < 1.29 is 13.3 Å². The summed E-state index contributed by atoms with van der Waals surface area (Å²) in [5.74, 6) is 0. The van der Waals surface area contributed by atoms with Crippen LogP contribution in [0.25, 0.3) is 0 Å². The van der Waals surface area contributed by atoms with Crippen LogP contribution < -0.4 is 4.98 Å². The number of benzene rings is 1. The van der Waals surface area contributed by atoms with Gasteiger partial charge in [-0.15, -0.1) is 0 Å². The van der Waals surface area contributed by atoms with Crippen molar-refractivity contribution in [3.05, 3.63) is 35.9 Å². The number of unbranched alkanes of at least 4 members (excludes halogenated alkanes) is 1. The van der Waals surface area contributed by atoms with Crippen LogP contribution in [0, 0.1) is 0 Å². The normalized spacial score (nSPS) is 11.7. The molecule has 1 rings (SSSR count). The first-order chi connectivity index (χ1) is 8.76. The average Bonchev–Trinajstić information content (AvgIpc) is 2.45. The maximum atomic E-state index is 5.28. The molecule has 0 spiro atoms. The van der Waals surface area contributed by atoms with Crippen molar-refractivity contribution in [2.45, 2.75) is 19.3 Å². The number of hydrogen-bond donors (Lipinski definition) is 1. The van der Waals surface area contributed by atoms with Gasteiger partial charge in [-0.3, -0.25) is 4.98 Å². The van der Waals surface area contributed by atoms with Crippen LogP contribution in [0.5, 0.6) is 0 Å². The van der Waals surface area contributed by atoms with Crippen LogP contribution in [0.4, 0.5) is 0 Å². The highest BCUT2D eigenvalue weighted by Gasteiger charge is 2.38. The Balaban J connectivity index is 2.18. The van der Waals surface area contributed by atoms with Gasteiger partial charge in [0, 0.05) is 21.3 Å². The fourth-order valence-electron chi connectivity index (χ4n) is 1.81. The van der Waals surface area contributed by atoms with Crippen molar-refractivity contribution in [3.8, 4) is 0 Å². The van der Waals surface area contributed by atoms with Crippen LogP contribution in [-0.2, 0) is 19.7 Å². The molecule has 102 valence electrons. The van der Waals surface area contributed by atoms with Crippen molar-refractivity contribution >= 4 is 8.97 Å². The van der Waals surface area contributed by atoms with Crippen molar-refractivity contribution in [2.75, 3.05) is 27.9 Å². The van der Waals surface area contributed by atoms with Gasteiger partial charge in [0.1, 0.15) is 0 Å². The quantitative estimate of drug-likeness (QED) is 0.549. The third-order valence-electron chi connectivity index (χ3n) is 2.88. The third-order valence-corrected chi connectivity index (χ3v) is 5.18. The van der Waals surface area contributed by atoms with Gasteiger partial charge in [-0.05, 0) is 31.4 Å². The molecule has 1 aromatic rings. The van der Waals surface area contributed by atoms with E-state index in [1.165, 1.54) is 5.56 Å². The third kappa shape index (κ3) is 4.87. The second-order valence-electron chi connectivity index (χ2n) is 4.04. The van der Waals surface area contributed by atoms with Crippen LogP contribution in [-0.4, -0.2) is 36.8 Å². The Morgan fingerprint density at radius 1 is 0.944 bits per heavy atom. The predicted molar refractivity (Wildman–Crippen MR) is 74.2 cm³/mol. The van der Waals surface area contributed by atoms with Crippen LogP contribution >= 0.6 is 0 Å². The Hall–Kier alpha value is -0.723. The Bertz CT molecular complexity index is 309. The van der Waals surface area contributed by atoms with Crippen molar-refractivity contribution in [2.24, 2.45) is 0 Å². The molecule has 0 heterocycles. The summed E-state index contributed by atoms with van der Waals surface area (Å²) in [4.78, 5) is 3.24. The van der Waals surface area contributed by atoms with Crippen molar-refractivity contribution in [1.82, 2.24) is 4.98 Å². The van der Waals surface area contributed by atoms with Crippen LogP contribution in [0.2, 0.25) is 0 Å². The summed E-state index contributed by atoms with van der Waals surface area (Å²) in [7, 11) is 2.23. The summed E-state index contributed by atoms with van der Waals surface area (Å²) < 4.78 is 15.9. The van der Waals surface area contributed by atoms with Crippen LogP contribution in [0.15, 0.2) is 30.3 Å². The maximum Gasteiger partial charge on any atom is 0.595 e. The molecular weight excluding hydrogens is 246 g/mol. The van der Waals surface area contributed by atoms with E-state index in [0.29, 0.717) is 0 Å². The lowest BCUT2D eigenvalue weighted by atomic mass is 10.1. The van der Waals surface area contributed by atoms with Crippen LogP contribution in [0.3, 0.4) is 0 Å². The molecule has 0 bridgehead atoms. The standard InChI is InChI=1S/C13H23NO3Si/c1-15-18(16-2,17-3)14-12-8-7-11-13-9-5-4-6-10-13/h4-6,9-10,14H,7-8,11-12H2,1-3H3. The van der Waals surface area contributed by atoms with Crippen molar-refractivity contribution in [1.29, 1.82) is 0 Å². The molecule has 0 saturated heterocycles. The Labute approximate surface area is 111 Å². The molecule has 0 unspecified atom stereocenters. The highest BCUT2D eigenvalue weighted by atomic mass is 28.4. The molecule has 18 heavy (non-hydrogen) atoms. The van der Waals surface area contributed by atoms with Gasteiger partial charge in [0.15, 0.2) is 0 Å². The molecule has 0 aliphatic carbocycles. The number of hydrogen-bond acceptors (Lipinski definition) is 4. The average molecular weight is 269 g/mol. The molecule has 4 nitrogen and oxygen atoms in total. The van der Waals surface area contributed by atoms with Gasteiger partial charge in [-0.25, -0.2) is 0 Å². The van der Waals surface area contributed by atoms with E-state index in [1.807, 2.05) is 6.07 Å². The second kappa shape index (κ2) is 8.39. The predicted octanol–water partition coefficient (Wildman–Crippen LogP) is 1.97. The molecule has 0 atom stereocenters. The molecule has 0 amide bonds. The largest absolute Gasteiger partial charge is 0.595 e. The molecule has 0 radical (unpaired) electrons. The molecule has 0 aliphatic rings. The van der Waals surface area contributed by atoms with E-state index in [1.54, 1.807) is 21.3 Å². The summed E-state index contributed by atoms with van der Waals surface area (Å²) in [5.41, 5.74) is 1.38. The Morgan fingerprint density at radius 2 is 1.56 bits per heavy atom. The SMILES string of the molecule is CO[Si](NCCCCc1ccccc1)(OC)OC. The first kappa shape index (κ1) is 15.3. The van der Waals surface area contributed by atoms with Gasteiger partial charge in [-0.2, -0.15) is 0 Å². The first-order valence-electron chi connectivity index (χ1n) is 6.20. The summed E-state index contributed by atoms with van der Waals surface area (Å²) in [5, 5.41) is 0. The fourth-order valence-corrected chi connectivity index (χ4v) is 3.22. The van der Waals surface area contributed by atoms with E-state index in [2.05, 4.69) is 29.2 Å². The van der Waals surface area contributed by atoms with Gasteiger partial charge in [0.05, 0.1) is 0 Å². The zero-order valence-electron chi connectivity index (χ0n) is 11.4. The van der Waals surface area contributed by atoms with E-state index in [9.17, 15) is 0 Å². The van der Waals surface area contributed by atoms with E-state index < -0.39 is 8.97 Å². The number of nitrogens with one attached hydrogen (secondary N) is 1. The summed E-state index contributed by atoms with van der Waals surface area (Å²) in [6.45, 7) is 0.842. The monoisotopic (exact) mass is 269 g/mol. The summed E-state index contributed by atoms with van der Waals surface area (Å²) in [6.07, 6.45) is 3.31. The number of aryl methyl sites for hydroxylation is 1. The van der Waals surface area contributed by atoms with Gasteiger partial charge in [0.25, 0.3) is 0 Å².